The highest BCUT2D eigenvalue weighted by molar-refractivity contribution is 5.92. The van der Waals surface area contributed by atoms with Gasteiger partial charge in [0.2, 0.25) is 11.8 Å². The van der Waals surface area contributed by atoms with Gasteiger partial charge in [0.15, 0.2) is 5.96 Å². The van der Waals surface area contributed by atoms with Gasteiger partial charge < -0.3 is 21.3 Å². The summed E-state index contributed by atoms with van der Waals surface area (Å²) in [6.45, 7) is 2.34. The van der Waals surface area contributed by atoms with Crippen molar-refractivity contribution in [3.63, 3.8) is 0 Å². The van der Waals surface area contributed by atoms with E-state index in [9.17, 15) is 9.59 Å². The number of hydrogen-bond acceptors (Lipinski definition) is 3. The highest BCUT2D eigenvalue weighted by atomic mass is 16.2. The van der Waals surface area contributed by atoms with Gasteiger partial charge in [-0.05, 0) is 49.3 Å². The summed E-state index contributed by atoms with van der Waals surface area (Å²) in [5.41, 5.74) is 7.29. The Morgan fingerprint density at radius 1 is 1.21 bits per heavy atom. The smallest absolute Gasteiger partial charge is 0.227 e. The first-order chi connectivity index (χ1) is 14.0. The fraction of sp³-hybridized carbons (Fsp3) is 0.591. The van der Waals surface area contributed by atoms with E-state index >= 15 is 0 Å². The van der Waals surface area contributed by atoms with Crippen LogP contribution in [0.15, 0.2) is 29.3 Å². The van der Waals surface area contributed by atoms with Crippen LogP contribution in [0.5, 0.6) is 0 Å². The first kappa shape index (κ1) is 21.1. The number of nitrogens with one attached hydrogen (secondary N) is 2. The van der Waals surface area contributed by atoms with Crippen molar-refractivity contribution in [2.24, 2.45) is 22.6 Å². The fourth-order valence-electron chi connectivity index (χ4n) is 4.41. The summed E-state index contributed by atoms with van der Waals surface area (Å²) in [6.07, 6.45) is 6.78. The summed E-state index contributed by atoms with van der Waals surface area (Å²) < 4.78 is 0. The molecule has 1 atom stereocenters. The van der Waals surface area contributed by atoms with Crippen molar-refractivity contribution in [1.29, 1.82) is 0 Å². The van der Waals surface area contributed by atoms with Gasteiger partial charge in [0.1, 0.15) is 0 Å². The molecule has 1 saturated carbocycles. The Kier molecular flexibility index (Phi) is 7.49. The summed E-state index contributed by atoms with van der Waals surface area (Å²) in [6, 6.07) is 7.95. The molecule has 2 amide bonds. The molecule has 7 heteroatoms. The van der Waals surface area contributed by atoms with Crippen molar-refractivity contribution >= 4 is 23.5 Å². The molecule has 0 spiro atoms. The van der Waals surface area contributed by atoms with Gasteiger partial charge in [-0.3, -0.25) is 14.6 Å². The minimum absolute atomic E-state index is 0.136. The molecule has 0 radical (unpaired) electrons. The van der Waals surface area contributed by atoms with E-state index in [2.05, 4.69) is 20.5 Å². The SMILES string of the molecule is CN=C(NCc1cccc(NC(=O)C2CCCC2)c1)N1CCCC(CC(N)=O)C1. The molecule has 1 aromatic carbocycles. The van der Waals surface area contributed by atoms with Crippen LogP contribution >= 0.6 is 0 Å². The number of aliphatic imine (C=N–C) groups is 1. The molecular formula is C22H33N5O2. The third-order valence-corrected chi connectivity index (χ3v) is 5.89. The van der Waals surface area contributed by atoms with Gasteiger partial charge in [0, 0.05) is 44.7 Å². The first-order valence-corrected chi connectivity index (χ1v) is 10.7. The zero-order valence-electron chi connectivity index (χ0n) is 17.3. The zero-order chi connectivity index (χ0) is 20.6. The minimum Gasteiger partial charge on any atom is -0.370 e. The lowest BCUT2D eigenvalue weighted by molar-refractivity contribution is -0.120. The van der Waals surface area contributed by atoms with E-state index < -0.39 is 0 Å². The number of rotatable bonds is 6. The lowest BCUT2D eigenvalue weighted by Gasteiger charge is -2.34. The Balaban J connectivity index is 1.54. The second kappa shape index (κ2) is 10.3. The summed E-state index contributed by atoms with van der Waals surface area (Å²) in [5, 5.41) is 6.47. The highest BCUT2D eigenvalue weighted by Crippen LogP contribution is 2.26. The van der Waals surface area contributed by atoms with Gasteiger partial charge >= 0.3 is 0 Å². The van der Waals surface area contributed by atoms with Gasteiger partial charge in [0.25, 0.3) is 0 Å². The maximum Gasteiger partial charge on any atom is 0.227 e. The molecule has 158 valence electrons. The number of nitrogens with two attached hydrogens (primary N) is 1. The van der Waals surface area contributed by atoms with Crippen LogP contribution in [0.25, 0.3) is 0 Å². The zero-order valence-corrected chi connectivity index (χ0v) is 17.3. The van der Waals surface area contributed by atoms with E-state index in [1.54, 1.807) is 7.05 Å². The monoisotopic (exact) mass is 399 g/mol. The topological polar surface area (TPSA) is 99.8 Å². The van der Waals surface area contributed by atoms with Crippen molar-refractivity contribution < 1.29 is 9.59 Å². The molecule has 3 rings (SSSR count). The first-order valence-electron chi connectivity index (χ1n) is 10.7. The van der Waals surface area contributed by atoms with Gasteiger partial charge in [-0.15, -0.1) is 0 Å². The second-order valence-electron chi connectivity index (χ2n) is 8.20. The molecule has 0 bridgehead atoms. The maximum atomic E-state index is 12.4. The number of likely N-dealkylation sites (tertiary alicyclic amines) is 1. The quantitative estimate of drug-likeness (QED) is 0.505. The standard InChI is InChI=1S/C22H33N5O2/c1-24-22(27-11-5-7-17(15-27)13-20(23)28)25-14-16-6-4-10-19(12-16)26-21(29)18-8-2-3-9-18/h4,6,10,12,17-18H,2-3,5,7-9,11,13-15H2,1H3,(H2,23,28)(H,24,25)(H,26,29). The van der Waals surface area contributed by atoms with Gasteiger partial charge in [-0.25, -0.2) is 0 Å². The average Bonchev–Trinajstić information content (AvgIpc) is 3.24. The van der Waals surface area contributed by atoms with Crippen LogP contribution < -0.4 is 16.4 Å². The molecule has 4 N–H and O–H groups in total. The number of amides is 2. The Morgan fingerprint density at radius 2 is 2.00 bits per heavy atom. The van der Waals surface area contributed by atoms with Crippen LogP contribution in [0.4, 0.5) is 5.69 Å². The Bertz CT molecular complexity index is 742. The van der Waals surface area contributed by atoms with E-state index in [-0.39, 0.29) is 23.7 Å². The molecule has 1 saturated heterocycles. The van der Waals surface area contributed by atoms with E-state index in [1.807, 2.05) is 24.3 Å². The number of carbonyl (C=O) groups is 2. The molecule has 7 nitrogen and oxygen atoms in total. The molecule has 0 aromatic heterocycles. The summed E-state index contributed by atoms with van der Waals surface area (Å²) in [7, 11) is 1.78. The minimum atomic E-state index is -0.240. The molecule has 1 aliphatic carbocycles. The van der Waals surface area contributed by atoms with E-state index in [4.69, 9.17) is 5.73 Å². The van der Waals surface area contributed by atoms with E-state index in [0.717, 1.165) is 68.8 Å². The molecule has 1 aliphatic heterocycles. The second-order valence-corrected chi connectivity index (χ2v) is 8.20. The molecule has 1 unspecified atom stereocenters. The number of carbonyl (C=O) groups excluding carboxylic acids is 2. The van der Waals surface area contributed by atoms with Crippen molar-refractivity contribution in [2.75, 3.05) is 25.5 Å². The number of piperidine rings is 1. The van der Waals surface area contributed by atoms with Crippen LogP contribution in [-0.2, 0) is 16.1 Å². The molecule has 29 heavy (non-hydrogen) atoms. The summed E-state index contributed by atoms with van der Waals surface area (Å²) in [4.78, 5) is 30.2. The van der Waals surface area contributed by atoms with Gasteiger partial charge in [-0.1, -0.05) is 25.0 Å². The van der Waals surface area contributed by atoms with Crippen molar-refractivity contribution in [3.05, 3.63) is 29.8 Å². The number of nitrogens with zero attached hydrogens (tertiary/aromatic N) is 2. The van der Waals surface area contributed by atoms with Crippen LogP contribution in [0, 0.1) is 11.8 Å². The number of benzene rings is 1. The van der Waals surface area contributed by atoms with Crippen LogP contribution in [0.2, 0.25) is 0 Å². The highest BCUT2D eigenvalue weighted by Gasteiger charge is 2.24. The van der Waals surface area contributed by atoms with Crippen LogP contribution in [0.3, 0.4) is 0 Å². The molecule has 2 fully saturated rings. The molecular weight excluding hydrogens is 366 g/mol. The predicted molar refractivity (Wildman–Crippen MR) is 115 cm³/mol. The summed E-state index contributed by atoms with van der Waals surface area (Å²) in [5.74, 6) is 1.17. The van der Waals surface area contributed by atoms with E-state index in [0.29, 0.717) is 13.0 Å². The maximum absolute atomic E-state index is 12.4. The number of hydrogen-bond donors (Lipinski definition) is 3. The number of primary amides is 1. The lowest BCUT2D eigenvalue weighted by Crippen LogP contribution is -2.46. The Morgan fingerprint density at radius 3 is 2.72 bits per heavy atom. The third kappa shape index (κ3) is 6.21. The largest absolute Gasteiger partial charge is 0.370 e. The number of guanidine groups is 1. The molecule has 1 heterocycles. The van der Waals surface area contributed by atoms with Gasteiger partial charge in [-0.2, -0.15) is 0 Å². The normalized spacial score (nSPS) is 20.5. The molecule has 2 aliphatic rings. The Labute approximate surface area is 173 Å². The summed E-state index contributed by atoms with van der Waals surface area (Å²) >= 11 is 0. The third-order valence-electron chi connectivity index (χ3n) is 5.89. The van der Waals surface area contributed by atoms with Gasteiger partial charge in [0.05, 0.1) is 0 Å². The lowest BCUT2D eigenvalue weighted by atomic mass is 9.95. The van der Waals surface area contributed by atoms with Crippen molar-refractivity contribution in [3.8, 4) is 0 Å². The van der Waals surface area contributed by atoms with Crippen LogP contribution in [0.1, 0.15) is 50.5 Å². The predicted octanol–water partition coefficient (Wildman–Crippen LogP) is 2.48. The fourth-order valence-corrected chi connectivity index (χ4v) is 4.41. The average molecular weight is 400 g/mol. The van der Waals surface area contributed by atoms with Crippen molar-refractivity contribution in [2.45, 2.75) is 51.5 Å². The molecule has 1 aromatic rings. The number of anilines is 1. The van der Waals surface area contributed by atoms with E-state index in [1.165, 1.54) is 0 Å². The van der Waals surface area contributed by atoms with Crippen molar-refractivity contribution in [1.82, 2.24) is 10.2 Å². The van der Waals surface area contributed by atoms with Crippen LogP contribution in [-0.4, -0.2) is 42.8 Å². The Hall–Kier alpha value is -2.57.